The Labute approximate surface area is 212 Å². The summed E-state index contributed by atoms with van der Waals surface area (Å²) < 4.78 is 11.6. The van der Waals surface area contributed by atoms with Crippen LogP contribution in [0.4, 0.5) is 5.13 Å². The standard InChI is InChI=1S/C28H24N2O5S/c1-15-11-16(2)23-21(12-15)36-28(29-23)30-24(17-7-5-9-19(13-17)34-3)22(26(32)27(30)33)25(31)18-8-6-10-20(14-18)35-4/h5-14,24,31H,1-4H3/b25-22+/t24-/m1/s1. The van der Waals surface area contributed by atoms with E-state index < -0.39 is 17.7 Å². The molecule has 1 fully saturated rings. The van der Waals surface area contributed by atoms with Gasteiger partial charge in [0.15, 0.2) is 5.13 Å². The van der Waals surface area contributed by atoms with Gasteiger partial charge < -0.3 is 14.6 Å². The highest BCUT2D eigenvalue weighted by Gasteiger charge is 2.48. The minimum atomic E-state index is -0.895. The van der Waals surface area contributed by atoms with Crippen LogP contribution in [0.25, 0.3) is 16.0 Å². The largest absolute Gasteiger partial charge is 0.507 e. The summed E-state index contributed by atoms with van der Waals surface area (Å²) in [6.45, 7) is 3.97. The van der Waals surface area contributed by atoms with Gasteiger partial charge in [0, 0.05) is 5.56 Å². The topological polar surface area (TPSA) is 89.0 Å². The molecule has 1 aromatic heterocycles. The number of fused-ring (bicyclic) bond motifs is 1. The fraction of sp³-hybridized carbons (Fsp3) is 0.179. The van der Waals surface area contributed by atoms with Gasteiger partial charge in [0.2, 0.25) is 0 Å². The number of nitrogens with zero attached hydrogens (tertiary/aromatic N) is 2. The van der Waals surface area contributed by atoms with Crippen LogP contribution in [0.3, 0.4) is 0 Å². The van der Waals surface area contributed by atoms with Crippen LogP contribution in [0.1, 0.15) is 28.3 Å². The lowest BCUT2D eigenvalue weighted by Gasteiger charge is -2.23. The monoisotopic (exact) mass is 500 g/mol. The van der Waals surface area contributed by atoms with E-state index in [1.54, 1.807) is 55.6 Å². The van der Waals surface area contributed by atoms with Crippen LogP contribution in [0.15, 0.2) is 66.2 Å². The smallest absolute Gasteiger partial charge is 0.301 e. The van der Waals surface area contributed by atoms with Crippen LogP contribution in [0.2, 0.25) is 0 Å². The summed E-state index contributed by atoms with van der Waals surface area (Å²) in [7, 11) is 3.07. The van der Waals surface area contributed by atoms with Crippen molar-refractivity contribution in [3.05, 3.63) is 88.5 Å². The molecule has 0 spiro atoms. The molecule has 3 aromatic carbocycles. The van der Waals surface area contributed by atoms with Crippen LogP contribution < -0.4 is 14.4 Å². The molecule has 1 aliphatic rings. The Morgan fingerprint density at radius 3 is 2.39 bits per heavy atom. The van der Waals surface area contributed by atoms with Crippen molar-refractivity contribution in [3.63, 3.8) is 0 Å². The molecule has 0 bridgehead atoms. The molecule has 1 atom stereocenters. The number of amides is 1. The molecule has 182 valence electrons. The van der Waals surface area contributed by atoms with Gasteiger partial charge in [-0.1, -0.05) is 41.7 Å². The van der Waals surface area contributed by atoms with E-state index in [4.69, 9.17) is 14.5 Å². The number of aryl methyl sites for hydroxylation is 2. The predicted molar refractivity (Wildman–Crippen MR) is 140 cm³/mol. The van der Waals surface area contributed by atoms with Crippen molar-refractivity contribution in [1.29, 1.82) is 0 Å². The maximum Gasteiger partial charge on any atom is 0.301 e. The zero-order valence-corrected chi connectivity index (χ0v) is 21.1. The van der Waals surface area contributed by atoms with E-state index in [1.807, 2.05) is 26.0 Å². The summed E-state index contributed by atoms with van der Waals surface area (Å²) in [5.41, 5.74) is 3.81. The zero-order valence-electron chi connectivity index (χ0n) is 20.2. The van der Waals surface area contributed by atoms with Gasteiger partial charge in [-0.2, -0.15) is 0 Å². The van der Waals surface area contributed by atoms with E-state index in [-0.39, 0.29) is 11.3 Å². The van der Waals surface area contributed by atoms with Gasteiger partial charge in [-0.25, -0.2) is 4.98 Å². The second-order valence-corrected chi connectivity index (χ2v) is 9.61. The molecule has 0 aliphatic carbocycles. The summed E-state index contributed by atoms with van der Waals surface area (Å²) in [6, 6.07) is 17.0. The number of Topliss-reactive ketones (excluding diaryl/α,β-unsaturated/α-hetero) is 1. The first-order valence-corrected chi connectivity index (χ1v) is 12.1. The maximum atomic E-state index is 13.5. The quantitative estimate of drug-likeness (QED) is 0.219. The van der Waals surface area contributed by atoms with Gasteiger partial charge in [-0.3, -0.25) is 14.5 Å². The fourth-order valence-electron chi connectivity index (χ4n) is 4.54. The molecule has 8 heteroatoms. The number of hydrogen-bond donors (Lipinski definition) is 1. The zero-order chi connectivity index (χ0) is 25.6. The fourth-order valence-corrected chi connectivity index (χ4v) is 5.71. The normalized spacial score (nSPS) is 17.1. The number of hydrogen-bond acceptors (Lipinski definition) is 7. The SMILES string of the molecule is COc1cccc(/C(O)=C2\C(=O)C(=O)N(c3nc4c(C)cc(C)cc4s3)[C@@H]2c2cccc(OC)c2)c1. The van der Waals surface area contributed by atoms with E-state index in [0.29, 0.717) is 27.8 Å². The number of aromatic nitrogens is 1. The average Bonchev–Trinajstić information content (AvgIpc) is 3.42. The average molecular weight is 501 g/mol. The Balaban J connectivity index is 1.75. The molecule has 4 aromatic rings. The number of thiazole rings is 1. The first-order valence-electron chi connectivity index (χ1n) is 11.3. The van der Waals surface area contributed by atoms with E-state index >= 15 is 0 Å². The van der Waals surface area contributed by atoms with Crippen molar-refractivity contribution in [2.24, 2.45) is 0 Å². The number of aliphatic hydroxyl groups excluding tert-OH is 1. The summed E-state index contributed by atoms with van der Waals surface area (Å²) in [6.07, 6.45) is 0. The molecule has 7 nitrogen and oxygen atoms in total. The number of aliphatic hydroxyl groups is 1. The van der Waals surface area contributed by atoms with Crippen molar-refractivity contribution >= 4 is 44.1 Å². The highest BCUT2D eigenvalue weighted by Crippen LogP contribution is 2.45. The summed E-state index contributed by atoms with van der Waals surface area (Å²) in [5, 5.41) is 11.7. The number of anilines is 1. The molecular formula is C28H24N2O5S. The number of carbonyl (C=O) groups is 2. The van der Waals surface area contributed by atoms with E-state index in [9.17, 15) is 14.7 Å². The first kappa shape index (κ1) is 23.6. The molecular weight excluding hydrogens is 476 g/mol. The minimum absolute atomic E-state index is 0.0198. The molecule has 2 heterocycles. The number of rotatable bonds is 5. The lowest BCUT2D eigenvalue weighted by molar-refractivity contribution is -0.132. The molecule has 36 heavy (non-hydrogen) atoms. The van der Waals surface area contributed by atoms with Crippen molar-refractivity contribution < 1.29 is 24.2 Å². The van der Waals surface area contributed by atoms with Crippen LogP contribution in [0.5, 0.6) is 11.5 Å². The van der Waals surface area contributed by atoms with Crippen LogP contribution in [-0.4, -0.2) is 36.0 Å². The molecule has 1 saturated heterocycles. The van der Waals surface area contributed by atoms with Gasteiger partial charge in [-0.05, 0) is 60.9 Å². The van der Waals surface area contributed by atoms with Crippen molar-refractivity contribution in [2.75, 3.05) is 19.1 Å². The number of benzene rings is 3. The number of ether oxygens (including phenoxy) is 2. The summed E-state index contributed by atoms with van der Waals surface area (Å²) >= 11 is 1.34. The van der Waals surface area contributed by atoms with Gasteiger partial charge in [0.25, 0.3) is 5.78 Å². The second kappa shape index (κ2) is 9.13. The molecule has 0 radical (unpaired) electrons. The Bertz CT molecular complexity index is 1550. The van der Waals surface area contributed by atoms with Crippen LogP contribution in [-0.2, 0) is 9.59 Å². The van der Waals surface area contributed by atoms with E-state index in [2.05, 4.69) is 0 Å². The van der Waals surface area contributed by atoms with Gasteiger partial charge in [0.1, 0.15) is 17.3 Å². The lowest BCUT2D eigenvalue weighted by Crippen LogP contribution is -2.29. The van der Waals surface area contributed by atoms with Crippen molar-refractivity contribution in [2.45, 2.75) is 19.9 Å². The highest BCUT2D eigenvalue weighted by atomic mass is 32.1. The molecule has 1 aliphatic heterocycles. The minimum Gasteiger partial charge on any atom is -0.507 e. The van der Waals surface area contributed by atoms with E-state index in [0.717, 1.165) is 21.3 Å². The second-order valence-electron chi connectivity index (χ2n) is 8.60. The van der Waals surface area contributed by atoms with Gasteiger partial charge >= 0.3 is 5.91 Å². The number of carbonyl (C=O) groups excluding carboxylic acids is 2. The predicted octanol–water partition coefficient (Wildman–Crippen LogP) is 5.56. The summed E-state index contributed by atoms with van der Waals surface area (Å²) in [4.78, 5) is 33.0. The highest BCUT2D eigenvalue weighted by molar-refractivity contribution is 7.22. The Kier molecular flexibility index (Phi) is 5.97. The molecule has 0 unspecified atom stereocenters. The maximum absolute atomic E-state index is 13.5. The number of ketones is 1. The molecule has 1 N–H and O–H groups in total. The Morgan fingerprint density at radius 1 is 0.972 bits per heavy atom. The van der Waals surface area contributed by atoms with Crippen LogP contribution in [0, 0.1) is 13.8 Å². The third kappa shape index (κ3) is 3.89. The lowest BCUT2D eigenvalue weighted by atomic mass is 9.95. The molecule has 1 amide bonds. The van der Waals surface area contributed by atoms with Gasteiger partial charge in [0.05, 0.1) is 36.1 Å². The van der Waals surface area contributed by atoms with Crippen LogP contribution >= 0.6 is 11.3 Å². The third-order valence-electron chi connectivity index (χ3n) is 6.22. The summed E-state index contributed by atoms with van der Waals surface area (Å²) in [5.74, 6) is -0.731. The Morgan fingerprint density at radius 2 is 1.67 bits per heavy atom. The number of methoxy groups -OCH3 is 2. The van der Waals surface area contributed by atoms with Crippen molar-refractivity contribution in [1.82, 2.24) is 4.98 Å². The Hall–Kier alpha value is -4.17. The van der Waals surface area contributed by atoms with E-state index in [1.165, 1.54) is 23.3 Å². The third-order valence-corrected chi connectivity index (χ3v) is 7.22. The molecule has 0 saturated carbocycles. The van der Waals surface area contributed by atoms with Crippen molar-refractivity contribution in [3.8, 4) is 11.5 Å². The molecule has 5 rings (SSSR count). The van der Waals surface area contributed by atoms with Gasteiger partial charge in [-0.15, -0.1) is 0 Å². The first-order chi connectivity index (χ1) is 17.3.